The first-order valence-corrected chi connectivity index (χ1v) is 9.40. The number of amides is 2. The van der Waals surface area contributed by atoms with E-state index >= 15 is 0 Å². The molecule has 0 aromatic heterocycles. The summed E-state index contributed by atoms with van der Waals surface area (Å²) in [5.74, 6) is -0.423. The highest BCUT2D eigenvalue weighted by molar-refractivity contribution is 7.92. The van der Waals surface area contributed by atoms with E-state index in [1.165, 1.54) is 24.3 Å². The molecule has 0 radical (unpaired) electrons. The van der Waals surface area contributed by atoms with Crippen molar-refractivity contribution in [3.63, 3.8) is 0 Å². The van der Waals surface area contributed by atoms with Crippen LogP contribution in [0.3, 0.4) is 0 Å². The second-order valence-corrected chi connectivity index (χ2v) is 7.64. The number of rotatable bonds is 8. The average molecular weight is 354 g/mol. The highest BCUT2D eigenvalue weighted by atomic mass is 32.2. The highest BCUT2D eigenvalue weighted by Crippen LogP contribution is 2.26. The number of nitrogens with zero attached hydrogens (tertiary/aromatic N) is 1. The van der Waals surface area contributed by atoms with Gasteiger partial charge in [0.15, 0.2) is 4.90 Å². The third-order valence-electron chi connectivity index (χ3n) is 4.37. The Morgan fingerprint density at radius 1 is 1.50 bits per heavy atom. The first kappa shape index (κ1) is 18.7. The molecule has 1 saturated heterocycles. The zero-order chi connectivity index (χ0) is 17.5. The van der Waals surface area contributed by atoms with Crippen LogP contribution in [0.5, 0.6) is 0 Å². The van der Waals surface area contributed by atoms with Crippen LogP contribution in [-0.4, -0.2) is 46.7 Å². The summed E-state index contributed by atoms with van der Waals surface area (Å²) in [7, 11) is 0. The Hall–Kier alpha value is -1.60. The highest BCUT2D eigenvalue weighted by Gasteiger charge is 2.36. The van der Waals surface area contributed by atoms with E-state index in [-0.39, 0.29) is 22.9 Å². The third-order valence-corrected chi connectivity index (χ3v) is 6.09. The third kappa shape index (κ3) is 4.70. The summed E-state index contributed by atoms with van der Waals surface area (Å²) < 4.78 is 25.6. The first-order valence-electron chi connectivity index (χ1n) is 8.18. The van der Waals surface area contributed by atoms with Gasteiger partial charge in [-0.2, -0.15) is 0 Å². The van der Waals surface area contributed by atoms with Gasteiger partial charge in [-0.3, -0.25) is 9.59 Å². The lowest BCUT2D eigenvalue weighted by Crippen LogP contribution is -2.37. The van der Waals surface area contributed by atoms with E-state index in [2.05, 4.69) is 5.32 Å². The van der Waals surface area contributed by atoms with Crippen LogP contribution in [0.4, 0.5) is 4.39 Å². The Labute approximate surface area is 144 Å². The molecule has 1 aliphatic heterocycles. The maximum Gasteiger partial charge on any atom is 0.225 e. The van der Waals surface area contributed by atoms with Gasteiger partial charge in [-0.1, -0.05) is 6.92 Å². The van der Waals surface area contributed by atoms with Gasteiger partial charge in [0.2, 0.25) is 12.3 Å². The van der Waals surface area contributed by atoms with Crippen LogP contribution in [0.15, 0.2) is 29.2 Å². The molecule has 132 valence electrons. The predicted octanol–water partition coefficient (Wildman–Crippen LogP) is 1.70. The molecule has 5 nitrogen and oxygen atoms in total. The van der Waals surface area contributed by atoms with Crippen LogP contribution in [0.25, 0.3) is 0 Å². The molecule has 24 heavy (non-hydrogen) atoms. The Morgan fingerprint density at radius 2 is 2.21 bits per heavy atom. The lowest BCUT2D eigenvalue weighted by Gasteiger charge is -2.23. The van der Waals surface area contributed by atoms with Crippen molar-refractivity contribution in [2.45, 2.75) is 36.3 Å². The molecule has 1 N–H and O–H groups in total. The number of nitrogens with one attached hydrogen (secondary N) is 1. The molecule has 3 unspecified atom stereocenters. The molecule has 1 aromatic carbocycles. The molecule has 3 atom stereocenters. The molecular formula is C17H23FN2O3S. The molecular weight excluding hydrogens is 331 g/mol. The van der Waals surface area contributed by atoms with E-state index in [4.69, 9.17) is 0 Å². The van der Waals surface area contributed by atoms with Gasteiger partial charge in [0.1, 0.15) is 11.1 Å². The van der Waals surface area contributed by atoms with Crippen molar-refractivity contribution in [1.82, 2.24) is 10.2 Å². The van der Waals surface area contributed by atoms with Crippen LogP contribution in [0, 0.1) is 11.7 Å². The Bertz CT molecular complexity index is 555. The zero-order valence-electron chi connectivity index (χ0n) is 13.7. The van der Waals surface area contributed by atoms with Crippen molar-refractivity contribution in [3.8, 4) is 0 Å². The van der Waals surface area contributed by atoms with E-state index in [1.807, 2.05) is 6.92 Å². The van der Waals surface area contributed by atoms with Crippen molar-refractivity contribution in [2.75, 3.05) is 19.6 Å². The summed E-state index contributed by atoms with van der Waals surface area (Å²) in [6, 6.07) is 5.68. The number of hydrogen-bond donors (Lipinski definition) is 1. The number of benzene rings is 1. The minimum absolute atomic E-state index is 0.0591. The van der Waals surface area contributed by atoms with Crippen molar-refractivity contribution in [2.24, 2.45) is 5.92 Å². The molecule has 1 heterocycles. The van der Waals surface area contributed by atoms with Crippen LogP contribution < -0.4 is 5.32 Å². The van der Waals surface area contributed by atoms with Gasteiger partial charge in [0.25, 0.3) is 0 Å². The molecule has 1 fully saturated rings. The van der Waals surface area contributed by atoms with Gasteiger partial charge in [-0.15, -0.1) is 0 Å². The Balaban J connectivity index is 1.92. The normalized spacial score (nSPS) is 19.8. The summed E-state index contributed by atoms with van der Waals surface area (Å²) in [5.41, 5.74) is 0. The number of carbonyl (C=O) groups is 2. The zero-order valence-corrected chi connectivity index (χ0v) is 14.6. The largest absolute Gasteiger partial charge is 0.611 e. The average Bonchev–Trinajstić information content (AvgIpc) is 3.08. The van der Waals surface area contributed by atoms with Crippen molar-refractivity contribution >= 4 is 23.5 Å². The smallest absolute Gasteiger partial charge is 0.225 e. The molecule has 0 aliphatic carbocycles. The number of halogens is 1. The molecule has 0 bridgehead atoms. The van der Waals surface area contributed by atoms with Gasteiger partial charge < -0.3 is 14.8 Å². The molecule has 0 spiro atoms. The van der Waals surface area contributed by atoms with Gasteiger partial charge in [-0.05, 0) is 48.3 Å². The van der Waals surface area contributed by atoms with Crippen molar-refractivity contribution in [1.29, 1.82) is 0 Å². The fraction of sp³-hybridized carbons (Fsp3) is 0.529. The monoisotopic (exact) mass is 354 g/mol. The van der Waals surface area contributed by atoms with E-state index in [1.54, 1.807) is 4.90 Å². The molecule has 2 amide bonds. The Morgan fingerprint density at radius 3 is 2.83 bits per heavy atom. The summed E-state index contributed by atoms with van der Waals surface area (Å²) in [4.78, 5) is 25.3. The number of hydrogen-bond acceptors (Lipinski definition) is 3. The molecule has 7 heteroatoms. The van der Waals surface area contributed by atoms with Gasteiger partial charge in [0, 0.05) is 25.4 Å². The van der Waals surface area contributed by atoms with Crippen LogP contribution in [0.1, 0.15) is 26.2 Å². The van der Waals surface area contributed by atoms with Crippen LogP contribution >= 0.6 is 0 Å². The maximum atomic E-state index is 13.0. The van der Waals surface area contributed by atoms with Crippen molar-refractivity contribution in [3.05, 3.63) is 30.1 Å². The maximum absolute atomic E-state index is 13.0. The van der Waals surface area contributed by atoms with Gasteiger partial charge in [0.05, 0.1) is 6.54 Å². The van der Waals surface area contributed by atoms with Crippen LogP contribution in [-0.2, 0) is 20.8 Å². The second kappa shape index (κ2) is 9.03. The fourth-order valence-corrected chi connectivity index (χ4v) is 4.37. The van der Waals surface area contributed by atoms with E-state index < -0.39 is 11.2 Å². The summed E-state index contributed by atoms with van der Waals surface area (Å²) in [5, 5.41) is 2.46. The molecule has 1 aromatic rings. The SMILES string of the molecule is CCC(CCNC=O)C(=O)N1CCC([S+]([O-])c2ccc(F)cc2)C1. The Kier molecular flexibility index (Phi) is 7.05. The van der Waals surface area contributed by atoms with E-state index in [0.29, 0.717) is 50.2 Å². The quantitative estimate of drug-likeness (QED) is 0.439. The summed E-state index contributed by atoms with van der Waals surface area (Å²) in [6.07, 6.45) is 2.63. The minimum Gasteiger partial charge on any atom is -0.611 e. The standard InChI is InChI=1S/C17H23FN2O3S/c1-2-13(7-9-19-12-21)17(22)20-10-8-16(11-20)24(23)15-5-3-14(18)4-6-15/h3-6,12-13,16H,2,7-11H2,1H3,(H,19,21). The lowest BCUT2D eigenvalue weighted by molar-refractivity contribution is -0.134. The molecule has 2 rings (SSSR count). The molecule has 1 aliphatic rings. The van der Waals surface area contributed by atoms with Gasteiger partial charge >= 0.3 is 0 Å². The first-order chi connectivity index (χ1) is 11.6. The van der Waals surface area contributed by atoms with E-state index in [9.17, 15) is 18.5 Å². The summed E-state index contributed by atoms with van der Waals surface area (Å²) in [6.45, 7) is 3.48. The number of likely N-dealkylation sites (tertiary alicyclic amines) is 1. The lowest BCUT2D eigenvalue weighted by atomic mass is 10.0. The topological polar surface area (TPSA) is 72.5 Å². The van der Waals surface area contributed by atoms with E-state index in [0.717, 1.165) is 0 Å². The van der Waals surface area contributed by atoms with Crippen LogP contribution in [0.2, 0.25) is 0 Å². The predicted molar refractivity (Wildman–Crippen MR) is 90.3 cm³/mol. The van der Waals surface area contributed by atoms with Gasteiger partial charge in [-0.25, -0.2) is 4.39 Å². The second-order valence-electron chi connectivity index (χ2n) is 5.91. The summed E-state index contributed by atoms with van der Waals surface area (Å²) >= 11 is -1.25. The van der Waals surface area contributed by atoms with Crippen molar-refractivity contribution < 1.29 is 18.5 Å². The molecule has 0 saturated carbocycles. The number of carbonyl (C=O) groups excluding carboxylic acids is 2. The fourth-order valence-electron chi connectivity index (χ4n) is 2.94. The minimum atomic E-state index is -1.25.